The lowest BCUT2D eigenvalue weighted by molar-refractivity contribution is -0.534. The molecule has 7 nitrogen and oxygen atoms in total. The Morgan fingerprint density at radius 2 is 1.79 bits per heavy atom. The van der Waals surface area contributed by atoms with Crippen molar-refractivity contribution < 1.29 is 23.6 Å². The third kappa shape index (κ3) is 6.74. The molecule has 134 valence electrons. The van der Waals surface area contributed by atoms with E-state index in [1.807, 2.05) is 12.1 Å². The molecule has 0 saturated heterocycles. The number of halogens is 1. The number of carbonyl (C=O) groups excluding carboxylic acids is 1. The number of esters is 1. The van der Waals surface area contributed by atoms with E-state index < -0.39 is 5.97 Å². The molecule has 1 aromatic rings. The van der Waals surface area contributed by atoms with Crippen LogP contribution in [0.25, 0.3) is 0 Å². The van der Waals surface area contributed by atoms with Crippen molar-refractivity contribution in [3.63, 3.8) is 0 Å². The van der Waals surface area contributed by atoms with Crippen LogP contribution in [0.3, 0.4) is 0 Å². The maximum atomic E-state index is 12.3. The van der Waals surface area contributed by atoms with Crippen molar-refractivity contribution in [2.24, 2.45) is 0 Å². The van der Waals surface area contributed by atoms with E-state index >= 15 is 0 Å². The largest absolute Gasteiger partial charge is 0.457 e. The maximum Gasteiger partial charge on any atom is 0.423 e. The van der Waals surface area contributed by atoms with Gasteiger partial charge in [0.2, 0.25) is 0 Å². The van der Waals surface area contributed by atoms with Crippen LogP contribution in [-0.4, -0.2) is 63.5 Å². The lowest BCUT2D eigenvalue weighted by Crippen LogP contribution is -2.45. The van der Waals surface area contributed by atoms with Crippen LogP contribution in [0.15, 0.2) is 24.3 Å². The maximum absolute atomic E-state index is 12.3. The second kappa shape index (κ2) is 11.7. The number of nitrogens with zero attached hydrogens (tertiary/aromatic N) is 1. The zero-order valence-electron chi connectivity index (χ0n) is 14.3. The standard InChI is InChI=1S/C16H24ClN3O4/c1-4-24-16(21)15(20(9-11-22-2)10-12-23-3)19-18-14-8-6-5-7-13(14)17/h5-8H,4,9-12H2,1-3H3,(H,18,21)/p+1. The zero-order chi connectivity index (χ0) is 17.8. The van der Waals surface area contributed by atoms with Crippen molar-refractivity contribution >= 4 is 29.1 Å². The van der Waals surface area contributed by atoms with Crippen LogP contribution in [0, 0.1) is 0 Å². The Morgan fingerprint density at radius 3 is 2.33 bits per heavy atom. The van der Waals surface area contributed by atoms with Gasteiger partial charge in [0, 0.05) is 14.2 Å². The van der Waals surface area contributed by atoms with Crippen molar-refractivity contribution in [3.8, 4) is 0 Å². The molecule has 0 aliphatic carbocycles. The molecule has 0 bridgehead atoms. The third-order valence-electron chi connectivity index (χ3n) is 3.11. The molecule has 0 fully saturated rings. The van der Waals surface area contributed by atoms with Crippen molar-refractivity contribution in [1.82, 2.24) is 5.43 Å². The van der Waals surface area contributed by atoms with Gasteiger partial charge in [-0.25, -0.2) is 14.8 Å². The van der Waals surface area contributed by atoms with Gasteiger partial charge in [0.15, 0.2) is 0 Å². The van der Waals surface area contributed by atoms with Gasteiger partial charge in [0.1, 0.15) is 13.1 Å². The minimum absolute atomic E-state index is 0.269. The molecule has 8 heteroatoms. The van der Waals surface area contributed by atoms with Crippen LogP contribution in [0.1, 0.15) is 6.92 Å². The molecule has 0 spiro atoms. The van der Waals surface area contributed by atoms with E-state index in [1.54, 1.807) is 37.9 Å². The SMILES string of the molecule is CCOC(=O)C(NNc1ccccc1Cl)=[N+](CCOC)CCOC. The summed E-state index contributed by atoms with van der Waals surface area (Å²) in [6, 6.07) is 7.22. The summed E-state index contributed by atoms with van der Waals surface area (Å²) in [4.78, 5) is 12.3. The lowest BCUT2D eigenvalue weighted by Gasteiger charge is -2.13. The third-order valence-corrected chi connectivity index (χ3v) is 3.43. The summed E-state index contributed by atoms with van der Waals surface area (Å²) in [6.07, 6.45) is 0. The normalized spacial score (nSPS) is 10.2. The molecule has 0 atom stereocenters. The highest BCUT2D eigenvalue weighted by molar-refractivity contribution is 6.34. The second-order valence-electron chi connectivity index (χ2n) is 4.77. The fraction of sp³-hybridized carbons (Fsp3) is 0.500. The molecule has 0 aromatic heterocycles. The molecule has 0 amide bonds. The van der Waals surface area contributed by atoms with Crippen LogP contribution in [0.5, 0.6) is 0 Å². The number of ether oxygens (including phenoxy) is 3. The Morgan fingerprint density at radius 1 is 1.17 bits per heavy atom. The number of hydrazine groups is 1. The van der Waals surface area contributed by atoms with Gasteiger partial charge in [0.25, 0.3) is 0 Å². The van der Waals surface area contributed by atoms with Gasteiger partial charge >= 0.3 is 11.8 Å². The highest BCUT2D eigenvalue weighted by Crippen LogP contribution is 2.19. The molecule has 0 aliphatic heterocycles. The Hall–Kier alpha value is -1.83. The first kappa shape index (κ1) is 20.2. The first-order valence-corrected chi connectivity index (χ1v) is 8.05. The first-order valence-electron chi connectivity index (χ1n) is 7.67. The predicted molar refractivity (Wildman–Crippen MR) is 93.6 cm³/mol. The Bertz CT molecular complexity index is 542. The number of para-hydroxylation sites is 1. The molecule has 1 rings (SSSR count). The number of rotatable bonds is 9. The number of nitrogens with one attached hydrogen (secondary N) is 2. The van der Waals surface area contributed by atoms with E-state index in [9.17, 15) is 4.79 Å². The zero-order valence-corrected chi connectivity index (χ0v) is 15.1. The monoisotopic (exact) mass is 358 g/mol. The van der Waals surface area contributed by atoms with E-state index in [4.69, 9.17) is 25.8 Å². The van der Waals surface area contributed by atoms with Gasteiger partial charge in [-0.2, -0.15) is 5.43 Å². The fourth-order valence-corrected chi connectivity index (χ4v) is 2.07. The number of methoxy groups -OCH3 is 2. The molecule has 0 radical (unpaired) electrons. The quantitative estimate of drug-likeness (QED) is 0.229. The molecule has 0 saturated carbocycles. The predicted octanol–water partition coefficient (Wildman–Crippen LogP) is 1.52. The number of carbonyl (C=O) groups is 1. The van der Waals surface area contributed by atoms with Crippen molar-refractivity contribution in [3.05, 3.63) is 29.3 Å². The summed E-state index contributed by atoms with van der Waals surface area (Å²) >= 11 is 6.11. The smallest absolute Gasteiger partial charge is 0.423 e. The van der Waals surface area contributed by atoms with Crippen LogP contribution >= 0.6 is 11.6 Å². The highest BCUT2D eigenvalue weighted by Gasteiger charge is 2.25. The van der Waals surface area contributed by atoms with E-state index in [-0.39, 0.29) is 12.4 Å². The second-order valence-corrected chi connectivity index (χ2v) is 5.18. The summed E-state index contributed by atoms with van der Waals surface area (Å²) in [5, 5.41) is 0.536. The first-order chi connectivity index (χ1) is 11.6. The number of hydrogen-bond donors (Lipinski definition) is 2. The molecule has 0 heterocycles. The van der Waals surface area contributed by atoms with E-state index in [2.05, 4.69) is 10.9 Å². The van der Waals surface area contributed by atoms with Crippen LogP contribution in [-0.2, 0) is 19.0 Å². The number of hydrogen-bond acceptors (Lipinski definition) is 5. The molecular formula is C16H25ClN3O4+. The van der Waals surface area contributed by atoms with E-state index in [1.165, 1.54) is 0 Å². The molecule has 0 aliphatic rings. The van der Waals surface area contributed by atoms with Crippen molar-refractivity contribution in [2.75, 3.05) is 52.6 Å². The summed E-state index contributed by atoms with van der Waals surface area (Å²) in [7, 11) is 3.21. The van der Waals surface area contributed by atoms with Gasteiger partial charge < -0.3 is 14.2 Å². The summed E-state index contributed by atoms with van der Waals surface area (Å²) in [5.74, 6) is -0.199. The van der Waals surface area contributed by atoms with Gasteiger partial charge in [-0.1, -0.05) is 23.7 Å². The number of amidine groups is 1. The number of anilines is 1. The summed E-state index contributed by atoms with van der Waals surface area (Å²) in [6.45, 7) is 3.96. The Balaban J connectivity index is 2.99. The van der Waals surface area contributed by atoms with E-state index in [0.717, 1.165) is 0 Å². The number of benzene rings is 1. The average Bonchev–Trinajstić information content (AvgIpc) is 2.58. The Labute approximate surface area is 147 Å². The summed E-state index contributed by atoms with van der Waals surface area (Å²) < 4.78 is 17.1. The molecule has 0 unspecified atom stereocenters. The molecule has 2 N–H and O–H groups in total. The Kier molecular flexibility index (Phi) is 9.83. The molecule has 1 aromatic carbocycles. The topological polar surface area (TPSA) is 71.8 Å². The average molecular weight is 359 g/mol. The highest BCUT2D eigenvalue weighted by atomic mass is 35.5. The van der Waals surface area contributed by atoms with Crippen LogP contribution in [0.2, 0.25) is 5.02 Å². The minimum Gasteiger partial charge on any atom is -0.457 e. The van der Waals surface area contributed by atoms with E-state index in [0.29, 0.717) is 37.0 Å². The van der Waals surface area contributed by atoms with Crippen LogP contribution < -0.4 is 10.9 Å². The summed E-state index contributed by atoms with van der Waals surface area (Å²) in [5.41, 5.74) is 6.50. The van der Waals surface area contributed by atoms with Gasteiger partial charge in [0.05, 0.1) is 30.5 Å². The van der Waals surface area contributed by atoms with Gasteiger partial charge in [-0.15, -0.1) is 0 Å². The minimum atomic E-state index is -0.468. The molecule has 24 heavy (non-hydrogen) atoms. The lowest BCUT2D eigenvalue weighted by atomic mass is 10.3. The van der Waals surface area contributed by atoms with Crippen molar-refractivity contribution in [1.29, 1.82) is 0 Å². The van der Waals surface area contributed by atoms with Crippen molar-refractivity contribution in [2.45, 2.75) is 6.92 Å². The van der Waals surface area contributed by atoms with Gasteiger partial charge in [-0.05, 0) is 19.1 Å². The molecular weight excluding hydrogens is 334 g/mol. The van der Waals surface area contributed by atoms with Gasteiger partial charge in [-0.3, -0.25) is 0 Å². The fourth-order valence-electron chi connectivity index (χ4n) is 1.89. The van der Waals surface area contributed by atoms with Crippen LogP contribution in [0.4, 0.5) is 5.69 Å².